The maximum atomic E-state index is 12.3. The zero-order valence-electron chi connectivity index (χ0n) is 13.9. The van der Waals surface area contributed by atoms with Crippen molar-refractivity contribution in [3.05, 3.63) is 52.9 Å². The number of aromatic nitrogens is 1. The number of ether oxygens (including phenoxy) is 1. The molecule has 2 N–H and O–H groups in total. The molecule has 1 unspecified atom stereocenters. The van der Waals surface area contributed by atoms with Crippen LogP contribution < -0.4 is 5.32 Å². The third-order valence-corrected chi connectivity index (χ3v) is 4.03. The largest absolute Gasteiger partial charge is 0.459 e. The van der Waals surface area contributed by atoms with E-state index in [1.807, 2.05) is 30.3 Å². The highest BCUT2D eigenvalue weighted by Gasteiger charge is 2.33. The van der Waals surface area contributed by atoms with Crippen molar-refractivity contribution in [1.82, 2.24) is 10.5 Å². The molecule has 0 spiro atoms. The lowest BCUT2D eigenvalue weighted by Crippen LogP contribution is -2.37. The van der Waals surface area contributed by atoms with Crippen molar-refractivity contribution < 1.29 is 24.0 Å². The van der Waals surface area contributed by atoms with Crippen molar-refractivity contribution in [2.45, 2.75) is 38.4 Å². The lowest BCUT2D eigenvalue weighted by Gasteiger charge is -2.12. The Hall–Kier alpha value is -2.67. The number of aliphatic hydroxyl groups excluding tert-OH is 1. The third kappa shape index (κ3) is 4.24. The molecule has 1 aliphatic carbocycles. The highest BCUT2D eigenvalue weighted by Crippen LogP contribution is 2.41. The number of esters is 1. The summed E-state index contributed by atoms with van der Waals surface area (Å²) in [6.45, 7) is 1.50. The van der Waals surface area contributed by atoms with E-state index in [2.05, 4.69) is 10.5 Å². The number of aliphatic hydroxyl groups is 1. The van der Waals surface area contributed by atoms with Crippen molar-refractivity contribution in [3.63, 3.8) is 0 Å². The van der Waals surface area contributed by atoms with E-state index in [-0.39, 0.29) is 19.1 Å². The van der Waals surface area contributed by atoms with Crippen LogP contribution in [0.2, 0.25) is 0 Å². The van der Waals surface area contributed by atoms with Gasteiger partial charge in [0.25, 0.3) is 5.91 Å². The van der Waals surface area contributed by atoms with E-state index in [1.165, 1.54) is 0 Å². The summed E-state index contributed by atoms with van der Waals surface area (Å²) in [4.78, 5) is 24.1. The summed E-state index contributed by atoms with van der Waals surface area (Å²) in [5.41, 5.74) is 1.87. The van der Waals surface area contributed by atoms with Crippen LogP contribution >= 0.6 is 0 Å². The quantitative estimate of drug-likeness (QED) is 0.741. The molecule has 25 heavy (non-hydrogen) atoms. The van der Waals surface area contributed by atoms with E-state index in [9.17, 15) is 14.7 Å². The zero-order chi connectivity index (χ0) is 17.8. The number of nitrogens with one attached hydrogen (secondary N) is 1. The van der Waals surface area contributed by atoms with E-state index < -0.39 is 18.0 Å². The van der Waals surface area contributed by atoms with E-state index in [4.69, 9.17) is 9.26 Å². The Morgan fingerprint density at radius 3 is 2.76 bits per heavy atom. The number of hydrogen-bond donors (Lipinski definition) is 2. The zero-order valence-corrected chi connectivity index (χ0v) is 13.9. The second-order valence-corrected chi connectivity index (χ2v) is 6.09. The summed E-state index contributed by atoms with van der Waals surface area (Å²) in [6, 6.07) is 9.15. The van der Waals surface area contributed by atoms with E-state index in [0.717, 1.165) is 18.4 Å². The first-order chi connectivity index (χ1) is 12.1. The molecule has 132 valence electrons. The number of carbonyl (C=O) groups is 2. The summed E-state index contributed by atoms with van der Waals surface area (Å²) >= 11 is 0. The number of amides is 1. The summed E-state index contributed by atoms with van der Waals surface area (Å²) in [5.74, 6) is -0.497. The highest BCUT2D eigenvalue weighted by molar-refractivity contribution is 5.96. The molecule has 1 aromatic carbocycles. The minimum Gasteiger partial charge on any atom is -0.459 e. The summed E-state index contributed by atoms with van der Waals surface area (Å²) in [7, 11) is 0. The molecule has 7 nitrogen and oxygen atoms in total. The lowest BCUT2D eigenvalue weighted by atomic mass is 10.1. The average Bonchev–Trinajstić information content (AvgIpc) is 3.40. The molecule has 1 amide bonds. The van der Waals surface area contributed by atoms with Gasteiger partial charge in [-0.05, 0) is 25.3 Å². The van der Waals surface area contributed by atoms with Gasteiger partial charge >= 0.3 is 5.97 Å². The van der Waals surface area contributed by atoms with Crippen LogP contribution in [0, 0.1) is 6.92 Å². The van der Waals surface area contributed by atoms with Crippen LogP contribution in [-0.4, -0.2) is 34.8 Å². The Morgan fingerprint density at radius 2 is 2.08 bits per heavy atom. The lowest BCUT2D eigenvalue weighted by molar-refractivity contribution is -0.154. The van der Waals surface area contributed by atoms with Gasteiger partial charge in [0.1, 0.15) is 17.9 Å². The molecular formula is C18H20N2O5. The fraction of sp³-hybridized carbons (Fsp3) is 0.389. The second-order valence-electron chi connectivity index (χ2n) is 6.09. The SMILES string of the molecule is Cc1onc(C2CC2)c1C(=O)NCC(O)C(=O)OCc1ccccc1. The van der Waals surface area contributed by atoms with Crippen molar-refractivity contribution in [2.75, 3.05) is 6.54 Å². The third-order valence-electron chi connectivity index (χ3n) is 4.03. The fourth-order valence-electron chi connectivity index (χ4n) is 2.49. The number of aryl methyl sites for hydroxylation is 1. The van der Waals surface area contributed by atoms with Gasteiger partial charge in [0.2, 0.25) is 0 Å². The molecule has 0 bridgehead atoms. The van der Waals surface area contributed by atoms with Crippen LogP contribution in [0.4, 0.5) is 0 Å². The van der Waals surface area contributed by atoms with Gasteiger partial charge < -0.3 is 19.7 Å². The standard InChI is InChI=1S/C18H20N2O5/c1-11-15(16(20-25-11)13-7-8-13)17(22)19-9-14(21)18(23)24-10-12-5-3-2-4-6-12/h2-6,13-14,21H,7-10H2,1H3,(H,19,22). The molecule has 1 fully saturated rings. The minimum atomic E-state index is -1.43. The van der Waals surface area contributed by atoms with Crippen molar-refractivity contribution in [3.8, 4) is 0 Å². The minimum absolute atomic E-state index is 0.0707. The van der Waals surface area contributed by atoms with Crippen molar-refractivity contribution >= 4 is 11.9 Å². The van der Waals surface area contributed by atoms with Crippen LogP contribution in [0.5, 0.6) is 0 Å². The monoisotopic (exact) mass is 344 g/mol. The van der Waals surface area contributed by atoms with Crippen LogP contribution in [-0.2, 0) is 16.1 Å². The van der Waals surface area contributed by atoms with Gasteiger partial charge in [-0.25, -0.2) is 4.79 Å². The van der Waals surface area contributed by atoms with Crippen LogP contribution in [0.25, 0.3) is 0 Å². The predicted octanol–water partition coefficient (Wildman–Crippen LogP) is 1.69. The molecule has 1 saturated carbocycles. The molecule has 0 radical (unpaired) electrons. The molecule has 2 aromatic rings. The Kier molecular flexibility index (Phi) is 5.14. The molecule has 1 atom stereocenters. The molecule has 0 saturated heterocycles. The fourth-order valence-corrected chi connectivity index (χ4v) is 2.49. The first-order valence-corrected chi connectivity index (χ1v) is 8.19. The Bertz CT molecular complexity index is 752. The number of carbonyl (C=O) groups excluding carboxylic acids is 2. The number of nitrogens with zero attached hydrogens (tertiary/aromatic N) is 1. The van der Waals surface area contributed by atoms with Gasteiger partial charge in [0, 0.05) is 5.92 Å². The molecule has 1 heterocycles. The average molecular weight is 344 g/mol. The molecule has 0 aliphatic heterocycles. The maximum Gasteiger partial charge on any atom is 0.337 e. The summed E-state index contributed by atoms with van der Waals surface area (Å²) in [6.07, 6.45) is 0.540. The summed E-state index contributed by atoms with van der Waals surface area (Å²) < 4.78 is 10.1. The molecule has 7 heteroatoms. The highest BCUT2D eigenvalue weighted by atomic mass is 16.5. The van der Waals surface area contributed by atoms with Crippen LogP contribution in [0.3, 0.4) is 0 Å². The maximum absolute atomic E-state index is 12.3. The van der Waals surface area contributed by atoms with Crippen LogP contribution in [0.1, 0.15) is 46.1 Å². The number of hydrogen-bond acceptors (Lipinski definition) is 6. The summed E-state index contributed by atoms with van der Waals surface area (Å²) in [5, 5.41) is 16.3. The Balaban J connectivity index is 1.50. The Labute approximate surface area is 145 Å². The van der Waals surface area contributed by atoms with Crippen LogP contribution in [0.15, 0.2) is 34.9 Å². The smallest absolute Gasteiger partial charge is 0.337 e. The van der Waals surface area contributed by atoms with E-state index >= 15 is 0 Å². The normalized spacial score (nSPS) is 14.8. The molecular weight excluding hydrogens is 324 g/mol. The number of benzene rings is 1. The van der Waals surface area contributed by atoms with Gasteiger partial charge in [-0.2, -0.15) is 0 Å². The molecule has 1 aliphatic rings. The topological polar surface area (TPSA) is 102 Å². The van der Waals surface area contributed by atoms with Gasteiger partial charge in [-0.3, -0.25) is 4.79 Å². The van der Waals surface area contributed by atoms with Gasteiger partial charge in [0.05, 0.1) is 12.2 Å². The van der Waals surface area contributed by atoms with Gasteiger partial charge in [0.15, 0.2) is 6.10 Å². The second kappa shape index (κ2) is 7.48. The first kappa shape index (κ1) is 17.2. The van der Waals surface area contributed by atoms with Gasteiger partial charge in [-0.15, -0.1) is 0 Å². The molecule has 3 rings (SSSR count). The van der Waals surface area contributed by atoms with E-state index in [0.29, 0.717) is 17.0 Å². The molecule has 1 aromatic heterocycles. The predicted molar refractivity (Wildman–Crippen MR) is 87.8 cm³/mol. The van der Waals surface area contributed by atoms with Crippen molar-refractivity contribution in [1.29, 1.82) is 0 Å². The number of rotatable bonds is 7. The van der Waals surface area contributed by atoms with Gasteiger partial charge in [-0.1, -0.05) is 35.5 Å². The van der Waals surface area contributed by atoms with Crippen molar-refractivity contribution in [2.24, 2.45) is 0 Å². The van der Waals surface area contributed by atoms with E-state index in [1.54, 1.807) is 6.92 Å². The first-order valence-electron chi connectivity index (χ1n) is 8.19. The Morgan fingerprint density at radius 1 is 1.36 bits per heavy atom.